The Kier molecular flexibility index (Phi) is 7.24. The Hall–Kier alpha value is -3.98. The Bertz CT molecular complexity index is 1160. The molecule has 3 aromatic rings. The lowest BCUT2D eigenvalue weighted by atomic mass is 10.0. The van der Waals surface area contributed by atoms with Crippen LogP contribution >= 0.6 is 0 Å². The quantitative estimate of drug-likeness (QED) is 0.281. The van der Waals surface area contributed by atoms with Gasteiger partial charge in [-0.25, -0.2) is 0 Å². The monoisotopic (exact) mass is 454 g/mol. The molecule has 0 aliphatic heterocycles. The average Bonchev–Trinajstić information content (AvgIpc) is 3.30. The summed E-state index contributed by atoms with van der Waals surface area (Å²) in [6.07, 6.45) is -0.949. The number of methoxy groups -OCH3 is 3. The molecule has 9 heteroatoms. The number of hydrogen-bond donors (Lipinski definition) is 2. The number of benzene rings is 2. The lowest BCUT2D eigenvalue weighted by Crippen LogP contribution is -2.15. The van der Waals surface area contributed by atoms with Gasteiger partial charge in [-0.3, -0.25) is 15.6 Å². The number of rotatable bonds is 8. The first-order valence-electron chi connectivity index (χ1n) is 9.79. The molecule has 8 nitrogen and oxygen atoms in total. The van der Waals surface area contributed by atoms with Crippen LogP contribution in [0.25, 0.3) is 11.3 Å². The largest absolute Gasteiger partial charge is 0.494 e. The van der Waals surface area contributed by atoms with Gasteiger partial charge in [0.05, 0.1) is 14.2 Å². The van der Waals surface area contributed by atoms with E-state index in [-0.39, 0.29) is 29.1 Å². The Balaban J connectivity index is 1.85. The zero-order chi connectivity index (χ0) is 24.1. The topological polar surface area (TPSA) is 115 Å². The van der Waals surface area contributed by atoms with Gasteiger partial charge in [-0.05, 0) is 42.0 Å². The molecule has 0 aliphatic carbocycles. The van der Waals surface area contributed by atoms with Crippen molar-refractivity contribution in [1.29, 1.82) is 10.8 Å². The van der Waals surface area contributed by atoms with E-state index in [9.17, 15) is 9.18 Å². The molecule has 1 heterocycles. The smallest absolute Gasteiger partial charge is 0.231 e. The molecule has 33 heavy (non-hydrogen) atoms. The molecule has 1 atom stereocenters. The molecule has 0 bridgehead atoms. The molecule has 0 saturated heterocycles. The normalized spacial score (nSPS) is 11.5. The summed E-state index contributed by atoms with van der Waals surface area (Å²) in [6, 6.07) is 12.5. The van der Waals surface area contributed by atoms with Gasteiger partial charge in [0.2, 0.25) is 17.5 Å². The summed E-state index contributed by atoms with van der Waals surface area (Å²) in [5, 5.41) is 15.2. The van der Waals surface area contributed by atoms with Crippen molar-refractivity contribution in [3.63, 3.8) is 0 Å². The third kappa shape index (κ3) is 5.09. The van der Waals surface area contributed by atoms with Crippen molar-refractivity contribution in [1.82, 2.24) is 0 Å². The van der Waals surface area contributed by atoms with E-state index in [1.807, 2.05) is 0 Å². The van der Waals surface area contributed by atoms with Crippen LogP contribution in [-0.4, -0.2) is 38.9 Å². The average molecular weight is 454 g/mol. The van der Waals surface area contributed by atoms with E-state index in [1.165, 1.54) is 46.5 Å². The molecule has 3 rings (SSSR count). The van der Waals surface area contributed by atoms with Crippen LogP contribution in [0.15, 0.2) is 52.9 Å². The van der Waals surface area contributed by atoms with E-state index in [4.69, 9.17) is 34.2 Å². The molecular formula is C24H23FN2O6. The van der Waals surface area contributed by atoms with Crippen LogP contribution in [0.3, 0.4) is 0 Å². The van der Waals surface area contributed by atoms with E-state index in [2.05, 4.69) is 0 Å². The zero-order valence-electron chi connectivity index (χ0n) is 18.5. The summed E-state index contributed by atoms with van der Waals surface area (Å²) in [6.45, 7) is 1.43. The predicted molar refractivity (Wildman–Crippen MR) is 119 cm³/mol. The highest BCUT2D eigenvalue weighted by molar-refractivity contribution is 6.00. The minimum absolute atomic E-state index is 0.0174. The molecule has 0 saturated carbocycles. The molecule has 1 unspecified atom stereocenters. The fourth-order valence-electron chi connectivity index (χ4n) is 3.18. The number of Topliss-reactive ketones (excluding diaryl/α,β-unsaturated/α-hetero) is 1. The summed E-state index contributed by atoms with van der Waals surface area (Å²) in [5.41, 5.74) is 1.48. The van der Waals surface area contributed by atoms with E-state index in [1.54, 1.807) is 30.3 Å². The second kappa shape index (κ2) is 10.1. The summed E-state index contributed by atoms with van der Waals surface area (Å²) in [7, 11) is 4.08. The van der Waals surface area contributed by atoms with Crippen molar-refractivity contribution >= 4 is 17.6 Å². The van der Waals surface area contributed by atoms with Crippen LogP contribution in [0.2, 0.25) is 0 Å². The van der Waals surface area contributed by atoms with Gasteiger partial charge in [-0.15, -0.1) is 0 Å². The van der Waals surface area contributed by atoms with Gasteiger partial charge < -0.3 is 23.4 Å². The number of ether oxygens (including phenoxy) is 4. The van der Waals surface area contributed by atoms with Gasteiger partial charge in [-0.2, -0.15) is 4.39 Å². The molecule has 0 aliphatic rings. The molecule has 2 N–H and O–H groups in total. The van der Waals surface area contributed by atoms with Crippen molar-refractivity contribution in [2.45, 2.75) is 13.0 Å². The molecule has 0 amide bonds. The number of carbonyl (C=O) groups excluding carboxylic acids is 1. The lowest BCUT2D eigenvalue weighted by molar-refractivity contribution is 0.0577. The van der Waals surface area contributed by atoms with Crippen LogP contribution in [0.1, 0.15) is 34.7 Å². The molecule has 0 radical (unpaired) electrons. The third-order valence-corrected chi connectivity index (χ3v) is 4.78. The van der Waals surface area contributed by atoms with Crippen LogP contribution < -0.4 is 9.47 Å². The summed E-state index contributed by atoms with van der Waals surface area (Å²) < 4.78 is 40.4. The Morgan fingerprint density at radius 1 is 0.970 bits per heavy atom. The summed E-state index contributed by atoms with van der Waals surface area (Å²) in [5.74, 6) is -0.976. The van der Waals surface area contributed by atoms with Gasteiger partial charge >= 0.3 is 0 Å². The maximum Gasteiger partial charge on any atom is 0.231 e. The maximum absolute atomic E-state index is 14.2. The number of furan rings is 1. The van der Waals surface area contributed by atoms with Gasteiger partial charge in [0.25, 0.3) is 0 Å². The van der Waals surface area contributed by atoms with Crippen LogP contribution in [0.5, 0.6) is 11.5 Å². The van der Waals surface area contributed by atoms with E-state index < -0.39 is 17.7 Å². The highest BCUT2D eigenvalue weighted by atomic mass is 19.1. The van der Waals surface area contributed by atoms with Gasteiger partial charge in [0.15, 0.2) is 23.2 Å². The third-order valence-electron chi connectivity index (χ3n) is 4.78. The fraction of sp³-hybridized carbons (Fsp3) is 0.208. The summed E-state index contributed by atoms with van der Waals surface area (Å²) in [4.78, 5) is 13.1. The first kappa shape index (κ1) is 23.7. The predicted octanol–water partition coefficient (Wildman–Crippen LogP) is 5.01. The number of hydrogen-bond acceptors (Lipinski definition) is 8. The van der Waals surface area contributed by atoms with E-state index in [0.717, 1.165) is 0 Å². The first-order valence-corrected chi connectivity index (χ1v) is 9.79. The fourth-order valence-corrected chi connectivity index (χ4v) is 3.18. The van der Waals surface area contributed by atoms with Crippen LogP contribution in [0.4, 0.5) is 4.39 Å². The molecule has 172 valence electrons. The van der Waals surface area contributed by atoms with Crippen molar-refractivity contribution in [2.75, 3.05) is 21.3 Å². The maximum atomic E-state index is 14.2. The number of halogens is 1. The SMILES string of the molecule is COc1cc(-c2ccc(C(=O)C(OC)c3ccc(C(=N)OC(C)=N)cc3)o2)cc(OC)c1F. The zero-order valence-corrected chi connectivity index (χ0v) is 18.5. The van der Waals surface area contributed by atoms with Gasteiger partial charge in [0, 0.05) is 25.2 Å². The number of ketones is 1. The Morgan fingerprint density at radius 2 is 1.58 bits per heavy atom. The summed E-state index contributed by atoms with van der Waals surface area (Å²) >= 11 is 0. The molecule has 0 spiro atoms. The van der Waals surface area contributed by atoms with E-state index >= 15 is 0 Å². The molecule has 1 aromatic heterocycles. The van der Waals surface area contributed by atoms with Crippen molar-refractivity contribution in [2.24, 2.45) is 0 Å². The van der Waals surface area contributed by atoms with Gasteiger partial charge in [-0.1, -0.05) is 12.1 Å². The van der Waals surface area contributed by atoms with Gasteiger partial charge in [0.1, 0.15) is 11.9 Å². The standard InChI is InChI=1S/C24H23FN2O6/c1-13(26)32-24(27)15-7-5-14(6-8-15)23(31-4)22(28)18-10-9-17(33-18)16-11-19(29-2)21(25)20(12-16)30-3/h5-12,23,26-27H,1-4H3. The molecule has 0 fully saturated rings. The second-order valence-corrected chi connectivity index (χ2v) is 6.95. The lowest BCUT2D eigenvalue weighted by Gasteiger charge is -2.14. The Labute approximate surface area is 189 Å². The van der Waals surface area contributed by atoms with E-state index in [0.29, 0.717) is 22.5 Å². The van der Waals surface area contributed by atoms with Crippen LogP contribution in [0, 0.1) is 16.6 Å². The van der Waals surface area contributed by atoms with Crippen LogP contribution in [-0.2, 0) is 9.47 Å². The molecule has 2 aromatic carbocycles. The Morgan fingerprint density at radius 3 is 2.09 bits per heavy atom. The van der Waals surface area contributed by atoms with Crippen molar-refractivity contribution < 1.29 is 32.5 Å². The van der Waals surface area contributed by atoms with Crippen molar-refractivity contribution in [3.05, 3.63) is 71.2 Å². The first-order chi connectivity index (χ1) is 15.8. The van der Waals surface area contributed by atoms with Crippen molar-refractivity contribution in [3.8, 4) is 22.8 Å². The highest BCUT2D eigenvalue weighted by Crippen LogP contribution is 2.35. The highest BCUT2D eigenvalue weighted by Gasteiger charge is 2.25. The molecular weight excluding hydrogens is 431 g/mol. The number of nitrogens with one attached hydrogen (secondary N) is 2. The minimum Gasteiger partial charge on any atom is -0.494 e. The number of carbonyl (C=O) groups is 1. The minimum atomic E-state index is -0.949. The second-order valence-electron chi connectivity index (χ2n) is 6.95.